The van der Waals surface area contributed by atoms with E-state index in [1.807, 2.05) is 0 Å². The number of rotatable bonds is 7. The molecule has 1 aliphatic rings. The number of thiazole rings is 2. The number of ether oxygens (including phenoxy) is 1. The number of hydrogen-bond donors (Lipinski definition) is 3. The van der Waals surface area contributed by atoms with Crippen LogP contribution in [-0.2, 0) is 30.9 Å². The van der Waals surface area contributed by atoms with Crippen LogP contribution in [0.3, 0.4) is 0 Å². The zero-order chi connectivity index (χ0) is 23.0. The van der Waals surface area contributed by atoms with Gasteiger partial charge in [-0.1, -0.05) is 11.3 Å². The van der Waals surface area contributed by atoms with Crippen LogP contribution in [0.4, 0.5) is 10.3 Å². The van der Waals surface area contributed by atoms with Crippen LogP contribution in [0.1, 0.15) is 17.5 Å². The number of nitrogens with zero attached hydrogens (tertiary/aromatic N) is 3. The average Bonchev–Trinajstić information content (AvgIpc) is 3.37. The molecule has 166 valence electrons. The van der Waals surface area contributed by atoms with Gasteiger partial charge in [0.1, 0.15) is 4.88 Å². The molecule has 0 spiro atoms. The normalized spacial score (nSPS) is 12.7. The molecule has 1 amide bonds. The van der Waals surface area contributed by atoms with Crippen molar-refractivity contribution in [1.29, 1.82) is 0 Å². The molecule has 1 aliphatic heterocycles. The van der Waals surface area contributed by atoms with Gasteiger partial charge >= 0.3 is 35.5 Å². The monoisotopic (exact) mass is 517 g/mol. The summed E-state index contributed by atoms with van der Waals surface area (Å²) in [5.41, 5.74) is 0.471. The van der Waals surface area contributed by atoms with Gasteiger partial charge < -0.3 is 15.2 Å². The maximum atomic E-state index is 12.4. The molecule has 0 atom stereocenters. The largest absolute Gasteiger partial charge is 1.00 e. The first-order chi connectivity index (χ1) is 15.2. The SMILES string of the molecule is CCOC(=O)Cc1csc(Nc2nc(O)c(C3=c4cc(S(=O)(=O)O)ccc4=NC3=O)s2)n1.[Na+]. The molecule has 3 heterocycles. The van der Waals surface area contributed by atoms with Gasteiger partial charge in [-0.3, -0.25) is 14.1 Å². The second-order valence-electron chi connectivity index (χ2n) is 6.37. The number of aromatic hydroxyl groups is 1. The third-order valence-electron chi connectivity index (χ3n) is 4.20. The second kappa shape index (κ2) is 9.97. The maximum Gasteiger partial charge on any atom is 1.00 e. The summed E-state index contributed by atoms with van der Waals surface area (Å²) in [4.78, 5) is 35.8. The molecule has 3 aromatic rings. The van der Waals surface area contributed by atoms with E-state index in [0.717, 1.165) is 23.5 Å². The molecular weight excluding hydrogens is 503 g/mol. The fourth-order valence-electron chi connectivity index (χ4n) is 2.90. The van der Waals surface area contributed by atoms with Crippen molar-refractivity contribution in [2.45, 2.75) is 18.2 Å². The van der Waals surface area contributed by atoms with Gasteiger partial charge in [0.25, 0.3) is 16.0 Å². The van der Waals surface area contributed by atoms with Gasteiger partial charge in [0.2, 0.25) is 5.88 Å². The molecule has 11 nitrogen and oxygen atoms in total. The Hall–Kier alpha value is -2.20. The van der Waals surface area contributed by atoms with E-state index in [1.165, 1.54) is 17.4 Å². The number of carbonyl (C=O) groups excluding carboxylic acids is 2. The number of esters is 1. The molecule has 0 fully saturated rings. The first kappa shape index (κ1) is 25.4. The Balaban J connectivity index is 0.00000306. The first-order valence-corrected chi connectivity index (χ1v) is 12.1. The topological polar surface area (TPSA) is 168 Å². The van der Waals surface area contributed by atoms with Gasteiger partial charge in [-0.15, -0.1) is 11.3 Å². The summed E-state index contributed by atoms with van der Waals surface area (Å²) in [6.07, 6.45) is 0.0151. The van der Waals surface area contributed by atoms with Gasteiger partial charge in [0.15, 0.2) is 10.3 Å². The van der Waals surface area contributed by atoms with Crippen molar-refractivity contribution in [3.63, 3.8) is 0 Å². The predicted octanol–water partition coefficient (Wildman–Crippen LogP) is -2.24. The fourth-order valence-corrected chi connectivity index (χ4v) is 5.09. The average molecular weight is 518 g/mol. The van der Waals surface area contributed by atoms with Crippen molar-refractivity contribution in [3.05, 3.63) is 44.7 Å². The van der Waals surface area contributed by atoms with Gasteiger partial charge in [-0.2, -0.15) is 13.4 Å². The molecule has 0 unspecified atom stereocenters. The molecule has 1 aromatic carbocycles. The Morgan fingerprint density at radius 1 is 1.24 bits per heavy atom. The summed E-state index contributed by atoms with van der Waals surface area (Å²) < 4.78 is 37.1. The summed E-state index contributed by atoms with van der Waals surface area (Å²) in [6, 6.07) is 3.54. The number of aromatic nitrogens is 2. The minimum absolute atomic E-state index is 0. The zero-order valence-electron chi connectivity index (χ0n) is 17.2. The standard InChI is InChI=1S/C18H14N4O7S3.Na/c1-2-29-12(23)5-8-7-30-17(19-8)22-18-21-16(25)14(31-18)13-10-6-9(32(26,27)28)3-4-11(10)20-15(13)24;/h3-4,6-7,25H,2,5H2,1H3,(H,19,21,22)(H,26,27,28);/q;+1. The number of fused-ring (bicyclic) bond motifs is 1. The second-order valence-corrected chi connectivity index (χ2v) is 9.65. The Morgan fingerprint density at radius 3 is 2.70 bits per heavy atom. The number of hydrogen-bond acceptors (Lipinski definition) is 11. The number of amides is 1. The zero-order valence-corrected chi connectivity index (χ0v) is 21.7. The summed E-state index contributed by atoms with van der Waals surface area (Å²) >= 11 is 2.15. The predicted molar refractivity (Wildman–Crippen MR) is 114 cm³/mol. The van der Waals surface area contributed by atoms with E-state index >= 15 is 0 Å². The summed E-state index contributed by atoms with van der Waals surface area (Å²) in [5.74, 6) is -1.53. The van der Waals surface area contributed by atoms with Gasteiger partial charge in [-0.05, 0) is 25.1 Å². The van der Waals surface area contributed by atoms with Crippen molar-refractivity contribution < 1.29 is 62.0 Å². The third-order valence-corrected chi connectivity index (χ3v) is 6.84. The van der Waals surface area contributed by atoms with Gasteiger partial charge in [0.05, 0.1) is 34.5 Å². The Kier molecular flexibility index (Phi) is 7.68. The molecule has 0 saturated carbocycles. The molecule has 15 heteroatoms. The molecule has 2 aromatic heterocycles. The van der Waals surface area contributed by atoms with E-state index in [9.17, 15) is 27.7 Å². The van der Waals surface area contributed by atoms with Crippen LogP contribution >= 0.6 is 22.7 Å². The molecule has 0 radical (unpaired) electrons. The molecule has 0 saturated heterocycles. The molecule has 0 bridgehead atoms. The quantitative estimate of drug-likeness (QED) is 0.177. The van der Waals surface area contributed by atoms with Crippen LogP contribution in [0.2, 0.25) is 0 Å². The van der Waals surface area contributed by atoms with E-state index in [-0.39, 0.29) is 68.7 Å². The number of benzene rings is 1. The van der Waals surface area contributed by atoms with Crippen molar-refractivity contribution in [1.82, 2.24) is 9.97 Å². The minimum atomic E-state index is -4.50. The Labute approximate surface area is 216 Å². The molecular formula is C18H14N4NaO7S3+. The summed E-state index contributed by atoms with van der Waals surface area (Å²) in [7, 11) is -4.50. The van der Waals surface area contributed by atoms with E-state index in [2.05, 4.69) is 20.3 Å². The van der Waals surface area contributed by atoms with E-state index < -0.39 is 32.8 Å². The van der Waals surface area contributed by atoms with Crippen LogP contribution in [0.25, 0.3) is 5.57 Å². The summed E-state index contributed by atoms with van der Waals surface area (Å²) in [5, 5.41) is 15.9. The Bertz CT molecular complexity index is 1480. The van der Waals surface area contributed by atoms with Crippen molar-refractivity contribution in [2.24, 2.45) is 4.99 Å². The third kappa shape index (κ3) is 5.48. The van der Waals surface area contributed by atoms with Crippen molar-refractivity contribution in [2.75, 3.05) is 11.9 Å². The van der Waals surface area contributed by atoms with Crippen LogP contribution in [0.5, 0.6) is 5.88 Å². The maximum absolute atomic E-state index is 12.4. The number of nitrogens with one attached hydrogen (secondary N) is 1. The number of carbonyl (C=O) groups is 2. The fraction of sp³-hybridized carbons (Fsp3) is 0.167. The molecule has 0 aliphatic carbocycles. The smallest absolute Gasteiger partial charge is 0.492 e. The van der Waals surface area contributed by atoms with Gasteiger partial charge in [0, 0.05) is 10.6 Å². The molecule has 3 N–H and O–H groups in total. The van der Waals surface area contributed by atoms with Crippen LogP contribution in [-0.4, -0.2) is 46.5 Å². The van der Waals surface area contributed by atoms with Crippen LogP contribution in [0, 0.1) is 0 Å². The van der Waals surface area contributed by atoms with E-state index in [1.54, 1.807) is 12.3 Å². The van der Waals surface area contributed by atoms with E-state index in [0.29, 0.717) is 10.8 Å². The first-order valence-electron chi connectivity index (χ1n) is 8.98. The molecule has 4 rings (SSSR count). The molecule has 33 heavy (non-hydrogen) atoms. The summed E-state index contributed by atoms with van der Waals surface area (Å²) in [6.45, 7) is 1.98. The van der Waals surface area contributed by atoms with Gasteiger partial charge in [-0.25, -0.2) is 9.98 Å². The van der Waals surface area contributed by atoms with E-state index in [4.69, 9.17) is 4.74 Å². The minimum Gasteiger partial charge on any atom is -0.492 e. The Morgan fingerprint density at radius 2 is 2.00 bits per heavy atom. The van der Waals surface area contributed by atoms with Crippen molar-refractivity contribution in [3.8, 4) is 5.88 Å². The van der Waals surface area contributed by atoms with Crippen LogP contribution in [0.15, 0.2) is 33.5 Å². The number of anilines is 2. The van der Waals surface area contributed by atoms with Crippen molar-refractivity contribution >= 4 is 60.5 Å². The van der Waals surface area contributed by atoms with Crippen LogP contribution < -0.4 is 45.4 Å².